The summed E-state index contributed by atoms with van der Waals surface area (Å²) >= 11 is 3.52. The lowest BCUT2D eigenvalue weighted by atomic mass is 9.95. The van der Waals surface area contributed by atoms with Gasteiger partial charge in [-0.1, -0.05) is 28.9 Å². The summed E-state index contributed by atoms with van der Waals surface area (Å²) in [5, 5.41) is 18.0. The molecule has 2 N–H and O–H groups in total. The second-order valence-electron chi connectivity index (χ2n) is 6.73. The minimum absolute atomic E-state index is 0.225. The molecule has 2 heterocycles. The summed E-state index contributed by atoms with van der Waals surface area (Å²) in [6.45, 7) is 3.84. The molecule has 1 atom stereocenters. The minimum atomic E-state index is -0.492. The lowest BCUT2D eigenvalue weighted by molar-refractivity contribution is -0.113. The summed E-state index contributed by atoms with van der Waals surface area (Å²) < 4.78 is 7.71. The Balaban J connectivity index is 1.76. The number of hydrogen-bond acceptors (Lipinski definition) is 6. The van der Waals surface area contributed by atoms with Crippen molar-refractivity contribution in [2.24, 2.45) is 0 Å². The number of rotatable bonds is 4. The number of methoxy groups -OCH3 is 1. The van der Waals surface area contributed by atoms with Crippen LogP contribution < -0.4 is 15.4 Å². The molecule has 0 bridgehead atoms. The Morgan fingerprint density at radius 1 is 1.21 bits per heavy atom. The molecule has 9 heteroatoms. The smallest absolute Gasteiger partial charge is 0.255 e. The second-order valence-corrected chi connectivity index (χ2v) is 7.58. The molecule has 3 aromatic rings. The number of hydrogen-bond donors (Lipinski definition) is 2. The zero-order valence-corrected chi connectivity index (χ0v) is 17.7. The van der Waals surface area contributed by atoms with E-state index in [0.717, 1.165) is 21.3 Å². The van der Waals surface area contributed by atoms with Gasteiger partial charge in [0.25, 0.3) is 5.91 Å². The molecule has 0 aliphatic carbocycles. The molecule has 148 valence electrons. The van der Waals surface area contributed by atoms with E-state index in [0.29, 0.717) is 23.0 Å². The van der Waals surface area contributed by atoms with E-state index in [4.69, 9.17) is 4.74 Å². The monoisotopic (exact) mass is 454 g/mol. The fourth-order valence-electron chi connectivity index (χ4n) is 3.30. The van der Waals surface area contributed by atoms with Gasteiger partial charge in [-0.25, -0.2) is 0 Å². The first kappa shape index (κ1) is 19.1. The van der Waals surface area contributed by atoms with Crippen LogP contribution in [-0.2, 0) is 4.79 Å². The summed E-state index contributed by atoms with van der Waals surface area (Å²) in [4.78, 5) is 13.3. The van der Waals surface area contributed by atoms with E-state index in [2.05, 4.69) is 42.1 Å². The quantitative estimate of drug-likeness (QED) is 0.624. The molecule has 0 spiro atoms. The maximum Gasteiger partial charge on any atom is 0.255 e. The highest BCUT2D eigenvalue weighted by atomic mass is 79.9. The van der Waals surface area contributed by atoms with E-state index in [9.17, 15) is 4.79 Å². The summed E-state index contributed by atoms with van der Waals surface area (Å²) in [6.07, 6.45) is 0. The van der Waals surface area contributed by atoms with Crippen molar-refractivity contribution < 1.29 is 9.53 Å². The van der Waals surface area contributed by atoms with Gasteiger partial charge in [0.05, 0.1) is 17.2 Å². The first-order valence-corrected chi connectivity index (χ1v) is 9.74. The first-order chi connectivity index (χ1) is 14.0. The molecule has 1 amide bonds. The number of anilines is 2. The largest absolute Gasteiger partial charge is 0.496 e. The van der Waals surface area contributed by atoms with Crippen LogP contribution in [0.5, 0.6) is 5.75 Å². The van der Waals surface area contributed by atoms with Crippen molar-refractivity contribution in [3.05, 3.63) is 69.3 Å². The van der Waals surface area contributed by atoms with Crippen molar-refractivity contribution in [3.63, 3.8) is 0 Å². The number of ether oxygens (including phenoxy) is 1. The summed E-state index contributed by atoms with van der Waals surface area (Å²) in [5.41, 5.74) is 3.91. The summed E-state index contributed by atoms with van der Waals surface area (Å²) in [6, 6.07) is 12.8. The van der Waals surface area contributed by atoms with Crippen LogP contribution in [0.1, 0.15) is 24.1 Å². The molecule has 1 aliphatic rings. The van der Waals surface area contributed by atoms with Crippen LogP contribution in [0.2, 0.25) is 0 Å². The number of aryl methyl sites for hydroxylation is 1. The van der Waals surface area contributed by atoms with Crippen molar-refractivity contribution in [3.8, 4) is 5.75 Å². The summed E-state index contributed by atoms with van der Waals surface area (Å²) in [5.74, 6) is 0.953. The summed E-state index contributed by atoms with van der Waals surface area (Å²) in [7, 11) is 1.61. The molecular formula is C20H19BrN6O2. The Morgan fingerprint density at radius 2 is 1.97 bits per heavy atom. The molecule has 0 fully saturated rings. The first-order valence-electron chi connectivity index (χ1n) is 8.95. The fourth-order valence-corrected chi connectivity index (χ4v) is 3.86. The average Bonchev–Trinajstić information content (AvgIpc) is 3.16. The van der Waals surface area contributed by atoms with Gasteiger partial charge < -0.3 is 15.4 Å². The number of allylic oxidation sites excluding steroid dienone is 1. The lowest BCUT2D eigenvalue weighted by Gasteiger charge is -2.28. The van der Waals surface area contributed by atoms with Gasteiger partial charge in [0.15, 0.2) is 0 Å². The Labute approximate surface area is 176 Å². The number of fused-ring (bicyclic) bond motifs is 1. The van der Waals surface area contributed by atoms with E-state index < -0.39 is 6.04 Å². The van der Waals surface area contributed by atoms with Gasteiger partial charge >= 0.3 is 0 Å². The predicted octanol–water partition coefficient (Wildman–Crippen LogP) is 3.68. The second kappa shape index (κ2) is 7.67. The van der Waals surface area contributed by atoms with E-state index in [1.54, 1.807) is 11.8 Å². The number of carbonyl (C=O) groups is 1. The van der Waals surface area contributed by atoms with E-state index in [1.807, 2.05) is 56.3 Å². The number of amides is 1. The average molecular weight is 455 g/mol. The van der Waals surface area contributed by atoms with Crippen molar-refractivity contribution in [2.45, 2.75) is 19.9 Å². The van der Waals surface area contributed by atoms with Gasteiger partial charge in [-0.3, -0.25) is 4.79 Å². The molecule has 1 aliphatic heterocycles. The number of nitrogens with zero attached hydrogens (tertiary/aromatic N) is 4. The van der Waals surface area contributed by atoms with Crippen molar-refractivity contribution in [1.29, 1.82) is 0 Å². The molecule has 29 heavy (non-hydrogen) atoms. The maximum atomic E-state index is 13.3. The number of halogens is 1. The van der Waals surface area contributed by atoms with Crippen molar-refractivity contribution in [1.82, 2.24) is 20.2 Å². The molecule has 0 saturated heterocycles. The third kappa shape index (κ3) is 3.61. The normalized spacial score (nSPS) is 15.5. The molecule has 1 aromatic heterocycles. The van der Waals surface area contributed by atoms with Crippen molar-refractivity contribution >= 4 is 33.5 Å². The van der Waals surface area contributed by atoms with Gasteiger partial charge in [-0.2, -0.15) is 4.68 Å². The molecule has 0 radical (unpaired) electrons. The van der Waals surface area contributed by atoms with Crippen molar-refractivity contribution in [2.75, 3.05) is 17.7 Å². The van der Waals surface area contributed by atoms with Gasteiger partial charge in [-0.15, -0.1) is 0 Å². The Bertz CT molecular complexity index is 1110. The highest BCUT2D eigenvalue weighted by molar-refractivity contribution is 9.10. The standard InChI is InChI=1S/C20H19BrN6O2/c1-11-4-7-14(8-5-11)23-19(28)17-12(2)22-20-24-25-26-27(20)18(17)13-6-9-16(29-3)15(21)10-13/h4-10,18H,1-3H3,(H,23,28)(H,22,24,26). The number of benzene rings is 2. The Morgan fingerprint density at radius 3 is 2.66 bits per heavy atom. The predicted molar refractivity (Wildman–Crippen MR) is 113 cm³/mol. The van der Waals surface area contributed by atoms with Crippen LogP contribution in [0.15, 0.2) is 58.2 Å². The molecule has 2 aromatic carbocycles. The third-order valence-corrected chi connectivity index (χ3v) is 5.38. The fraction of sp³-hybridized carbons (Fsp3) is 0.200. The number of carbonyl (C=O) groups excluding carboxylic acids is 1. The van der Waals surface area contributed by atoms with Gasteiger partial charge in [0, 0.05) is 11.4 Å². The van der Waals surface area contributed by atoms with Gasteiger partial charge in [0.1, 0.15) is 11.8 Å². The highest BCUT2D eigenvalue weighted by Crippen LogP contribution is 2.37. The zero-order valence-electron chi connectivity index (χ0n) is 16.1. The third-order valence-electron chi connectivity index (χ3n) is 4.76. The highest BCUT2D eigenvalue weighted by Gasteiger charge is 2.34. The van der Waals surface area contributed by atoms with Gasteiger partial charge in [-0.05, 0) is 70.0 Å². The number of nitrogens with one attached hydrogen (secondary N) is 2. The van der Waals surface area contributed by atoms with Crippen LogP contribution in [0.4, 0.5) is 11.6 Å². The van der Waals surface area contributed by atoms with E-state index in [1.165, 1.54) is 0 Å². The van der Waals surface area contributed by atoms with E-state index in [-0.39, 0.29) is 5.91 Å². The van der Waals surface area contributed by atoms with Crippen LogP contribution in [0.3, 0.4) is 0 Å². The van der Waals surface area contributed by atoms with Crippen LogP contribution >= 0.6 is 15.9 Å². The lowest BCUT2D eigenvalue weighted by Crippen LogP contribution is -2.31. The number of aromatic nitrogens is 4. The number of tetrazole rings is 1. The molecule has 8 nitrogen and oxygen atoms in total. The Hall–Kier alpha value is -3.20. The SMILES string of the molecule is COc1ccc(C2C(C(=O)Nc3ccc(C)cc3)=C(C)Nc3nnnn32)cc1Br. The van der Waals surface area contributed by atoms with Crippen LogP contribution in [0.25, 0.3) is 0 Å². The topological polar surface area (TPSA) is 94.0 Å². The maximum absolute atomic E-state index is 13.3. The zero-order chi connectivity index (χ0) is 20.5. The van der Waals surface area contributed by atoms with Crippen LogP contribution in [-0.4, -0.2) is 33.2 Å². The molecule has 4 rings (SSSR count). The van der Waals surface area contributed by atoms with Crippen LogP contribution in [0, 0.1) is 6.92 Å². The molecule has 0 saturated carbocycles. The molecular weight excluding hydrogens is 436 g/mol. The minimum Gasteiger partial charge on any atom is -0.496 e. The van der Waals surface area contributed by atoms with Gasteiger partial charge in [0.2, 0.25) is 5.95 Å². The van der Waals surface area contributed by atoms with E-state index >= 15 is 0 Å². The Kier molecular flexibility index (Phi) is 5.06. The molecule has 1 unspecified atom stereocenters.